The minimum Gasteiger partial charge on any atom is -0.464 e. The minimum absolute atomic E-state index is 0.0371. The number of hydrogen-bond acceptors (Lipinski definition) is 5. The lowest BCUT2D eigenvalue weighted by molar-refractivity contribution is -0.133. The van der Waals surface area contributed by atoms with Gasteiger partial charge in [0.2, 0.25) is 5.91 Å². The van der Waals surface area contributed by atoms with Crippen LogP contribution in [0.5, 0.6) is 0 Å². The highest BCUT2D eigenvalue weighted by atomic mass is 16.5. The van der Waals surface area contributed by atoms with Gasteiger partial charge in [-0.25, -0.2) is 4.79 Å². The predicted molar refractivity (Wildman–Crippen MR) is 138 cm³/mol. The third kappa shape index (κ3) is 8.10. The van der Waals surface area contributed by atoms with Crippen molar-refractivity contribution in [2.75, 3.05) is 45.9 Å². The number of amides is 3. The van der Waals surface area contributed by atoms with Gasteiger partial charge in [0.1, 0.15) is 18.1 Å². The van der Waals surface area contributed by atoms with E-state index in [0.29, 0.717) is 32.8 Å². The van der Waals surface area contributed by atoms with Crippen LogP contribution in [0.4, 0.5) is 4.79 Å². The number of rotatable bonds is 10. The average Bonchev–Trinajstić information content (AvgIpc) is 3.32. The number of benzene rings is 1. The van der Waals surface area contributed by atoms with Crippen LogP contribution in [0.25, 0.3) is 0 Å². The molecule has 0 unspecified atom stereocenters. The maximum atomic E-state index is 13.6. The van der Waals surface area contributed by atoms with Crippen LogP contribution < -0.4 is 5.32 Å². The Morgan fingerprint density at radius 3 is 2.42 bits per heavy atom. The number of ether oxygens (including phenoxy) is 1. The SMILES string of the molecule is Cc1ccc(CN(Cc2ccccc2)C(=O)CN(CCN2CCOCC2)C(=O)NC2CCCCC2)o1. The van der Waals surface area contributed by atoms with Gasteiger partial charge in [-0.1, -0.05) is 49.6 Å². The molecule has 2 heterocycles. The molecule has 1 aromatic heterocycles. The average molecular weight is 497 g/mol. The molecule has 0 radical (unpaired) electrons. The first kappa shape index (κ1) is 26.2. The zero-order chi connectivity index (χ0) is 25.2. The summed E-state index contributed by atoms with van der Waals surface area (Å²) in [5.74, 6) is 1.47. The van der Waals surface area contributed by atoms with E-state index in [1.807, 2.05) is 49.4 Å². The van der Waals surface area contributed by atoms with E-state index in [1.165, 1.54) is 6.42 Å². The predicted octanol–water partition coefficient (Wildman–Crippen LogP) is 3.79. The molecule has 4 rings (SSSR count). The summed E-state index contributed by atoms with van der Waals surface area (Å²) in [6, 6.07) is 13.8. The van der Waals surface area contributed by atoms with Crippen LogP contribution in [0.15, 0.2) is 46.9 Å². The third-order valence-corrected chi connectivity index (χ3v) is 7.05. The number of morpholine rings is 1. The molecule has 1 aliphatic carbocycles. The Balaban J connectivity index is 1.45. The Bertz CT molecular complexity index is 951. The monoisotopic (exact) mass is 496 g/mol. The molecule has 1 saturated carbocycles. The second-order valence-corrected chi connectivity index (χ2v) is 9.91. The standard InChI is InChI=1S/C28H40N4O4/c1-23-12-13-26(36-23)21-32(20-24-8-4-2-5-9-24)27(33)22-31(15-14-30-16-18-35-19-17-30)28(34)29-25-10-6-3-7-11-25/h2,4-5,8-9,12-13,25H,3,6-7,10-11,14-22H2,1H3,(H,29,34). The smallest absolute Gasteiger partial charge is 0.318 e. The van der Waals surface area contributed by atoms with Crippen molar-refractivity contribution >= 4 is 11.9 Å². The maximum absolute atomic E-state index is 13.6. The normalized spacial score (nSPS) is 17.0. The van der Waals surface area contributed by atoms with Gasteiger partial charge >= 0.3 is 6.03 Å². The molecule has 2 aromatic rings. The summed E-state index contributed by atoms with van der Waals surface area (Å²) < 4.78 is 11.2. The molecule has 36 heavy (non-hydrogen) atoms. The van der Waals surface area contributed by atoms with Crippen LogP contribution in [-0.2, 0) is 22.6 Å². The molecule has 1 saturated heterocycles. The van der Waals surface area contributed by atoms with Gasteiger partial charge in [-0.2, -0.15) is 0 Å². The molecule has 1 N–H and O–H groups in total. The first-order chi connectivity index (χ1) is 17.6. The van der Waals surface area contributed by atoms with Crippen molar-refractivity contribution in [3.05, 3.63) is 59.5 Å². The first-order valence-corrected chi connectivity index (χ1v) is 13.3. The molecule has 2 aliphatic rings. The number of aryl methyl sites for hydroxylation is 1. The van der Waals surface area contributed by atoms with Crippen molar-refractivity contribution in [1.29, 1.82) is 0 Å². The molecule has 0 spiro atoms. The van der Waals surface area contributed by atoms with Crippen LogP contribution in [0.1, 0.15) is 49.2 Å². The maximum Gasteiger partial charge on any atom is 0.318 e. The molecular formula is C28H40N4O4. The summed E-state index contributed by atoms with van der Waals surface area (Å²) in [6.45, 7) is 7.11. The van der Waals surface area contributed by atoms with Crippen molar-refractivity contribution in [3.8, 4) is 0 Å². The van der Waals surface area contributed by atoms with Gasteiger partial charge in [-0.15, -0.1) is 0 Å². The fourth-order valence-electron chi connectivity index (χ4n) is 4.91. The number of furan rings is 1. The number of urea groups is 1. The molecule has 8 heteroatoms. The third-order valence-electron chi connectivity index (χ3n) is 7.05. The fourth-order valence-corrected chi connectivity index (χ4v) is 4.91. The number of carbonyl (C=O) groups is 2. The zero-order valence-electron chi connectivity index (χ0n) is 21.5. The summed E-state index contributed by atoms with van der Waals surface area (Å²) >= 11 is 0. The van der Waals surface area contributed by atoms with Crippen LogP contribution in [0, 0.1) is 6.92 Å². The molecule has 0 atom stereocenters. The quantitative estimate of drug-likeness (QED) is 0.542. The van der Waals surface area contributed by atoms with Crippen molar-refractivity contribution in [2.24, 2.45) is 0 Å². The van der Waals surface area contributed by atoms with E-state index in [0.717, 1.165) is 62.4 Å². The van der Waals surface area contributed by atoms with Gasteiger partial charge in [0.15, 0.2) is 0 Å². The van der Waals surface area contributed by atoms with E-state index >= 15 is 0 Å². The van der Waals surface area contributed by atoms with Crippen molar-refractivity contribution in [1.82, 2.24) is 20.0 Å². The topological polar surface area (TPSA) is 78.3 Å². The molecular weight excluding hydrogens is 456 g/mol. The van der Waals surface area contributed by atoms with Gasteiger partial charge in [-0.3, -0.25) is 9.69 Å². The van der Waals surface area contributed by atoms with Crippen molar-refractivity contribution in [3.63, 3.8) is 0 Å². The van der Waals surface area contributed by atoms with E-state index in [-0.39, 0.29) is 24.5 Å². The number of carbonyl (C=O) groups excluding carboxylic acids is 2. The number of nitrogens with one attached hydrogen (secondary N) is 1. The van der Waals surface area contributed by atoms with Crippen molar-refractivity contribution in [2.45, 2.75) is 58.2 Å². The number of hydrogen-bond donors (Lipinski definition) is 1. The second kappa shape index (κ2) is 13.5. The lowest BCUT2D eigenvalue weighted by Gasteiger charge is -2.32. The second-order valence-electron chi connectivity index (χ2n) is 9.91. The molecule has 1 aromatic carbocycles. The Kier molecular flexibility index (Phi) is 9.81. The lowest BCUT2D eigenvalue weighted by Crippen LogP contribution is -2.52. The Morgan fingerprint density at radius 2 is 1.72 bits per heavy atom. The largest absolute Gasteiger partial charge is 0.464 e. The Morgan fingerprint density at radius 1 is 0.972 bits per heavy atom. The molecule has 2 fully saturated rings. The number of nitrogens with zero attached hydrogens (tertiary/aromatic N) is 3. The van der Waals surface area contributed by atoms with E-state index in [4.69, 9.17) is 9.15 Å². The van der Waals surface area contributed by atoms with Crippen LogP contribution in [-0.4, -0.2) is 78.6 Å². The molecule has 196 valence electrons. The van der Waals surface area contributed by atoms with Gasteiger partial charge in [-0.05, 0) is 37.5 Å². The first-order valence-electron chi connectivity index (χ1n) is 13.3. The summed E-state index contributed by atoms with van der Waals surface area (Å²) in [7, 11) is 0. The summed E-state index contributed by atoms with van der Waals surface area (Å²) in [4.78, 5) is 32.8. The Labute approximate surface area is 214 Å². The van der Waals surface area contributed by atoms with Crippen molar-refractivity contribution < 1.29 is 18.7 Å². The minimum atomic E-state index is -0.142. The molecule has 0 bridgehead atoms. The van der Waals surface area contributed by atoms with Gasteiger partial charge < -0.3 is 24.3 Å². The lowest BCUT2D eigenvalue weighted by atomic mass is 9.96. The van der Waals surface area contributed by atoms with E-state index in [1.54, 1.807) is 9.80 Å². The highest BCUT2D eigenvalue weighted by molar-refractivity contribution is 5.84. The summed E-state index contributed by atoms with van der Waals surface area (Å²) in [5.41, 5.74) is 1.04. The van der Waals surface area contributed by atoms with Crippen LogP contribution in [0.2, 0.25) is 0 Å². The van der Waals surface area contributed by atoms with Crippen LogP contribution >= 0.6 is 0 Å². The van der Waals surface area contributed by atoms with Gasteiger partial charge in [0.05, 0.1) is 19.8 Å². The Hall–Kier alpha value is -2.84. The summed E-state index contributed by atoms with van der Waals surface area (Å²) in [5, 5.41) is 3.21. The fraction of sp³-hybridized carbons (Fsp3) is 0.571. The molecule has 8 nitrogen and oxygen atoms in total. The highest BCUT2D eigenvalue weighted by Gasteiger charge is 2.25. The molecule has 1 aliphatic heterocycles. The zero-order valence-corrected chi connectivity index (χ0v) is 21.5. The molecule has 3 amide bonds. The van der Waals surface area contributed by atoms with Crippen LogP contribution in [0.3, 0.4) is 0 Å². The van der Waals surface area contributed by atoms with Gasteiger partial charge in [0, 0.05) is 38.8 Å². The van der Waals surface area contributed by atoms with E-state index in [2.05, 4.69) is 10.2 Å². The van der Waals surface area contributed by atoms with Gasteiger partial charge in [0.25, 0.3) is 0 Å². The van der Waals surface area contributed by atoms with E-state index < -0.39 is 0 Å². The highest BCUT2D eigenvalue weighted by Crippen LogP contribution is 2.18. The van der Waals surface area contributed by atoms with E-state index in [9.17, 15) is 9.59 Å². The summed E-state index contributed by atoms with van der Waals surface area (Å²) in [6.07, 6.45) is 5.53.